The van der Waals surface area contributed by atoms with Crippen molar-refractivity contribution in [3.63, 3.8) is 0 Å². The van der Waals surface area contributed by atoms with E-state index in [1.54, 1.807) is 23.9 Å². The van der Waals surface area contributed by atoms with Gasteiger partial charge in [0.1, 0.15) is 18.6 Å². The van der Waals surface area contributed by atoms with Crippen molar-refractivity contribution in [2.24, 2.45) is 5.16 Å². The molecule has 1 fully saturated rings. The van der Waals surface area contributed by atoms with Crippen LogP contribution in [0.5, 0.6) is 5.88 Å². The summed E-state index contributed by atoms with van der Waals surface area (Å²) in [5.41, 5.74) is 3.36. The topological polar surface area (TPSA) is 105 Å². The fraction of sp³-hybridized carbons (Fsp3) is 0.368. The Morgan fingerprint density at radius 2 is 2.43 bits per heavy atom. The number of oxime groups is 1. The molecule has 1 unspecified atom stereocenters. The highest BCUT2D eigenvalue weighted by atomic mass is 16.5. The molecule has 2 aromatic rings. The van der Waals surface area contributed by atoms with Gasteiger partial charge in [0.15, 0.2) is 5.65 Å². The average molecular weight is 377 g/mol. The van der Waals surface area contributed by atoms with Gasteiger partial charge in [-0.3, -0.25) is 0 Å². The Morgan fingerprint density at radius 3 is 3.21 bits per heavy atom. The third-order valence-electron chi connectivity index (χ3n) is 5.29. The summed E-state index contributed by atoms with van der Waals surface area (Å²) in [7, 11) is 1.61. The summed E-state index contributed by atoms with van der Waals surface area (Å²) in [6, 6.07) is 1.92. The third kappa shape index (κ3) is 3.33. The Balaban J connectivity index is 1.78. The molecule has 2 aliphatic heterocycles. The van der Waals surface area contributed by atoms with Crippen LogP contribution in [-0.4, -0.2) is 46.4 Å². The van der Waals surface area contributed by atoms with Gasteiger partial charge in [0, 0.05) is 17.6 Å². The van der Waals surface area contributed by atoms with Crippen LogP contribution >= 0.6 is 0 Å². The molecule has 2 aliphatic rings. The van der Waals surface area contributed by atoms with E-state index in [-0.39, 0.29) is 12.6 Å². The fourth-order valence-electron chi connectivity index (χ4n) is 3.89. The second-order valence-electron chi connectivity index (χ2n) is 6.97. The quantitative estimate of drug-likeness (QED) is 0.380. The van der Waals surface area contributed by atoms with Crippen LogP contribution in [0.1, 0.15) is 30.0 Å². The summed E-state index contributed by atoms with van der Waals surface area (Å²) >= 11 is 0. The first kappa shape index (κ1) is 18.1. The first-order chi connectivity index (χ1) is 13.7. The number of nitrogens with zero attached hydrogens (tertiary/aromatic N) is 5. The molecule has 1 atom stereocenters. The summed E-state index contributed by atoms with van der Waals surface area (Å²) in [4.78, 5) is 4.90. The van der Waals surface area contributed by atoms with Gasteiger partial charge in [0.25, 0.3) is 6.71 Å². The van der Waals surface area contributed by atoms with E-state index in [4.69, 9.17) is 19.7 Å². The zero-order chi connectivity index (χ0) is 19.5. The van der Waals surface area contributed by atoms with Gasteiger partial charge in [-0.1, -0.05) is 24.2 Å². The third-order valence-corrected chi connectivity index (χ3v) is 5.29. The molecule has 4 heterocycles. The number of ether oxygens (including phenoxy) is 2. The number of rotatable bonds is 4. The molecule has 28 heavy (non-hydrogen) atoms. The monoisotopic (exact) mass is 377 g/mol. The zero-order valence-corrected chi connectivity index (χ0v) is 15.6. The Morgan fingerprint density at radius 1 is 1.54 bits per heavy atom. The van der Waals surface area contributed by atoms with Crippen molar-refractivity contribution in [1.29, 1.82) is 5.26 Å². The highest BCUT2D eigenvalue weighted by Crippen LogP contribution is 2.35. The Bertz CT molecular complexity index is 1020. The highest BCUT2D eigenvalue weighted by molar-refractivity contribution is 6.67. The maximum absolute atomic E-state index is 9.31. The highest BCUT2D eigenvalue weighted by Gasteiger charge is 2.28. The molecule has 0 aromatic carbocycles. The molecule has 142 valence electrons. The molecule has 0 bridgehead atoms. The van der Waals surface area contributed by atoms with E-state index in [1.165, 1.54) is 6.21 Å². The minimum atomic E-state index is 0.0774. The second kappa shape index (κ2) is 7.76. The van der Waals surface area contributed by atoms with E-state index in [0.717, 1.165) is 42.3 Å². The van der Waals surface area contributed by atoms with Crippen LogP contribution in [0.2, 0.25) is 12.6 Å². The second-order valence-corrected chi connectivity index (χ2v) is 6.97. The predicted molar refractivity (Wildman–Crippen MR) is 105 cm³/mol. The van der Waals surface area contributed by atoms with Gasteiger partial charge in [-0.2, -0.15) is 9.61 Å². The van der Waals surface area contributed by atoms with E-state index >= 15 is 0 Å². The number of fused-ring (bicyclic) bond motifs is 1. The molecular weight excluding hydrogens is 357 g/mol. The fourth-order valence-corrected chi connectivity index (χ4v) is 3.89. The van der Waals surface area contributed by atoms with E-state index < -0.39 is 0 Å². The maximum Gasteiger partial charge on any atom is 0.268 e. The molecular formula is C19H20BN5O3. The van der Waals surface area contributed by atoms with Crippen molar-refractivity contribution in [3.05, 3.63) is 41.4 Å². The van der Waals surface area contributed by atoms with E-state index in [2.05, 4.69) is 16.2 Å². The Hall–Kier alpha value is -3.28. The Labute approximate surface area is 162 Å². The molecule has 8 nitrogen and oxygen atoms in total. The van der Waals surface area contributed by atoms with Crippen LogP contribution in [0.25, 0.3) is 11.2 Å². The van der Waals surface area contributed by atoms with Crippen LogP contribution < -0.4 is 4.74 Å². The standard InChI is InChI=1S/C19H20BN5O3/c1-27-18-8-17(14-3-2-5-20(9-14)12-21)24-19-16(11-22-25(18)19)13-4-6-28-15(7-13)10-23-26/h4,7-8,10-11,14,26H,2-3,5-6,9H2,1H3/b23-10-. The average Bonchev–Trinajstić information content (AvgIpc) is 3.17. The Kier molecular flexibility index (Phi) is 5.02. The number of hydrogen-bond donors (Lipinski definition) is 1. The van der Waals surface area contributed by atoms with Gasteiger partial charge in [0.05, 0.1) is 19.0 Å². The molecule has 2 aromatic heterocycles. The van der Waals surface area contributed by atoms with Crippen LogP contribution in [0.15, 0.2) is 35.3 Å². The molecule has 0 amide bonds. The predicted octanol–water partition coefficient (Wildman–Crippen LogP) is 2.93. The van der Waals surface area contributed by atoms with Gasteiger partial charge in [-0.15, -0.1) is 0 Å². The minimum Gasteiger partial charge on any atom is -0.488 e. The van der Waals surface area contributed by atoms with Crippen molar-refractivity contribution >= 4 is 24.1 Å². The van der Waals surface area contributed by atoms with Gasteiger partial charge in [-0.05, 0) is 30.1 Å². The summed E-state index contributed by atoms with van der Waals surface area (Å²) < 4.78 is 12.6. The van der Waals surface area contributed by atoms with Crippen LogP contribution in [0.4, 0.5) is 0 Å². The van der Waals surface area contributed by atoms with Crippen molar-refractivity contribution in [1.82, 2.24) is 14.6 Å². The van der Waals surface area contributed by atoms with E-state index in [0.29, 0.717) is 23.9 Å². The number of allylic oxidation sites excluding steroid dienone is 3. The molecule has 9 heteroatoms. The number of methoxy groups -OCH3 is 1. The molecule has 0 saturated carbocycles. The molecule has 0 spiro atoms. The smallest absolute Gasteiger partial charge is 0.268 e. The lowest BCUT2D eigenvalue weighted by molar-refractivity contribution is 0.262. The molecule has 1 saturated heterocycles. The maximum atomic E-state index is 9.31. The molecule has 4 rings (SSSR count). The van der Waals surface area contributed by atoms with Crippen molar-refractivity contribution in [2.45, 2.75) is 31.4 Å². The summed E-state index contributed by atoms with van der Waals surface area (Å²) in [6.07, 6.45) is 10.5. The minimum absolute atomic E-state index is 0.0774. The van der Waals surface area contributed by atoms with E-state index in [9.17, 15) is 5.26 Å². The van der Waals surface area contributed by atoms with Gasteiger partial charge >= 0.3 is 0 Å². The number of aromatic nitrogens is 3. The summed E-state index contributed by atoms with van der Waals surface area (Å²) in [6.45, 7) is 0.446. The molecule has 0 aliphatic carbocycles. The van der Waals surface area contributed by atoms with Crippen molar-refractivity contribution in [3.8, 4) is 11.8 Å². The lowest BCUT2D eigenvalue weighted by Gasteiger charge is -2.23. The molecule has 1 N–H and O–H groups in total. The number of hydrogen-bond acceptors (Lipinski definition) is 7. The van der Waals surface area contributed by atoms with Gasteiger partial charge in [0.2, 0.25) is 5.88 Å². The summed E-state index contributed by atoms with van der Waals surface area (Å²) in [5, 5.41) is 25.5. The molecule has 0 radical (unpaired) electrons. The zero-order valence-electron chi connectivity index (χ0n) is 15.6. The lowest BCUT2D eigenvalue weighted by atomic mass is 9.41. The first-order valence-corrected chi connectivity index (χ1v) is 9.28. The number of nitriles is 1. The van der Waals surface area contributed by atoms with E-state index in [1.807, 2.05) is 12.1 Å². The van der Waals surface area contributed by atoms with Gasteiger partial charge in [-0.25, -0.2) is 10.2 Å². The normalized spacial score (nSPS) is 19.9. The SMILES string of the molecule is COc1cc(C2CCCB(C#N)C2)nc2c(C3=CCOC(/C=N\O)=C3)cnn12. The van der Waals surface area contributed by atoms with Crippen LogP contribution in [-0.2, 0) is 4.74 Å². The van der Waals surface area contributed by atoms with Crippen LogP contribution in [0.3, 0.4) is 0 Å². The van der Waals surface area contributed by atoms with Crippen molar-refractivity contribution < 1.29 is 14.7 Å². The summed E-state index contributed by atoms with van der Waals surface area (Å²) in [5.74, 6) is 3.71. The largest absolute Gasteiger partial charge is 0.488 e. The van der Waals surface area contributed by atoms with Crippen LogP contribution in [0, 0.1) is 11.2 Å². The van der Waals surface area contributed by atoms with Crippen molar-refractivity contribution in [2.75, 3.05) is 13.7 Å². The van der Waals surface area contributed by atoms with Gasteiger partial charge < -0.3 is 14.7 Å². The lowest BCUT2D eigenvalue weighted by Crippen LogP contribution is -2.21. The first-order valence-electron chi connectivity index (χ1n) is 9.28.